The number of aromatic nitrogens is 4. The van der Waals surface area contributed by atoms with Crippen LogP contribution in [0.4, 0.5) is 4.39 Å². The molecule has 0 aliphatic heterocycles. The molecule has 0 saturated carbocycles. The number of hydrogen-bond acceptors (Lipinski definition) is 7. The van der Waals surface area contributed by atoms with Crippen molar-refractivity contribution in [3.8, 4) is 11.4 Å². The van der Waals surface area contributed by atoms with Crippen molar-refractivity contribution >= 4 is 43.7 Å². The molecule has 0 amide bonds. The van der Waals surface area contributed by atoms with Gasteiger partial charge in [-0.05, 0) is 25.1 Å². The minimum absolute atomic E-state index is 0.0228. The Kier molecular flexibility index (Phi) is 5.14. The summed E-state index contributed by atoms with van der Waals surface area (Å²) in [6, 6.07) is 7.67. The van der Waals surface area contributed by atoms with Gasteiger partial charge in [0.2, 0.25) is 0 Å². The number of rotatable bonds is 4. The van der Waals surface area contributed by atoms with Crippen LogP contribution < -0.4 is 0 Å². The number of hydrogen-bond donors (Lipinski definition) is 0. The van der Waals surface area contributed by atoms with E-state index in [1.165, 1.54) is 30.6 Å². The second-order valence-electron chi connectivity index (χ2n) is 6.26. The van der Waals surface area contributed by atoms with Gasteiger partial charge in [0.15, 0.2) is 22.3 Å². The number of nitrogens with zero attached hydrogens (tertiary/aromatic N) is 4. The third-order valence-corrected chi connectivity index (χ3v) is 6.74. The lowest BCUT2D eigenvalue weighted by Crippen LogP contribution is -2.12. The van der Waals surface area contributed by atoms with Gasteiger partial charge >= 0.3 is 0 Å². The lowest BCUT2D eigenvalue weighted by Gasteiger charge is -2.07. The van der Waals surface area contributed by atoms with E-state index in [1.54, 1.807) is 12.1 Å². The van der Waals surface area contributed by atoms with Gasteiger partial charge in [0, 0.05) is 34.4 Å². The van der Waals surface area contributed by atoms with Crippen molar-refractivity contribution in [2.24, 2.45) is 0 Å². The average Bonchev–Trinajstić information content (AvgIpc) is 3.08. The van der Waals surface area contributed by atoms with Crippen molar-refractivity contribution in [1.29, 1.82) is 0 Å². The molecule has 0 bridgehead atoms. The second-order valence-corrected chi connectivity index (χ2v) is 9.37. The van der Waals surface area contributed by atoms with Gasteiger partial charge in [-0.25, -0.2) is 31.7 Å². The molecular weight excluding hydrogens is 455 g/mol. The number of pyridine rings is 1. The summed E-state index contributed by atoms with van der Waals surface area (Å²) < 4.78 is 63.5. The second kappa shape index (κ2) is 7.51. The van der Waals surface area contributed by atoms with Crippen LogP contribution in [0.2, 0.25) is 5.02 Å². The van der Waals surface area contributed by atoms with Crippen LogP contribution in [0.15, 0.2) is 58.8 Å². The van der Waals surface area contributed by atoms with Crippen LogP contribution in [0.5, 0.6) is 0 Å². The van der Waals surface area contributed by atoms with Crippen LogP contribution in [0.25, 0.3) is 22.4 Å². The Balaban J connectivity index is 2.00. The highest BCUT2D eigenvalue weighted by Crippen LogP contribution is 2.32. The van der Waals surface area contributed by atoms with Crippen molar-refractivity contribution in [3.63, 3.8) is 0 Å². The zero-order valence-corrected chi connectivity index (χ0v) is 17.5. The molecule has 0 saturated heterocycles. The highest BCUT2D eigenvalue weighted by atomic mass is 35.5. The molecule has 154 valence electrons. The molecule has 12 heteroatoms. The quantitative estimate of drug-likeness (QED) is 0.335. The summed E-state index contributed by atoms with van der Waals surface area (Å²) >= 11 is 3.07. The summed E-state index contributed by atoms with van der Waals surface area (Å²) in [7, 11) is -4.06. The van der Waals surface area contributed by atoms with Gasteiger partial charge in [-0.1, -0.05) is 29.3 Å². The van der Waals surface area contributed by atoms with Gasteiger partial charge in [0.05, 0.1) is 16.1 Å². The first-order chi connectivity index (χ1) is 14.2. The molecule has 4 rings (SSSR count). The van der Waals surface area contributed by atoms with Gasteiger partial charge in [-0.3, -0.25) is 4.21 Å². The summed E-state index contributed by atoms with van der Waals surface area (Å²) in [5.41, 5.74) is 1.05. The molecule has 1 unspecified atom stereocenters. The maximum absolute atomic E-state index is 13.7. The van der Waals surface area contributed by atoms with Crippen molar-refractivity contribution in [3.05, 3.63) is 65.3 Å². The fraction of sp³-hybridized carbons (Fsp3) is 0.0556. The molecule has 0 fully saturated rings. The van der Waals surface area contributed by atoms with Gasteiger partial charge in [0.1, 0.15) is 0 Å². The third kappa shape index (κ3) is 3.49. The van der Waals surface area contributed by atoms with Gasteiger partial charge in [-0.2, -0.15) is 0 Å². The number of aryl methyl sites for hydroxylation is 1. The number of halogens is 2. The van der Waals surface area contributed by atoms with Crippen molar-refractivity contribution in [2.45, 2.75) is 16.8 Å². The molecule has 3 aromatic heterocycles. The SMILES string of the molecule is Cc1ccc(S(=O)(=O)n2cc(-c3ncc(F)c(S(=O)[O-])n3)c3cc(Cl)cnc32)cc1. The summed E-state index contributed by atoms with van der Waals surface area (Å²) in [5.74, 6) is -1.32. The molecule has 0 N–H and O–H groups in total. The van der Waals surface area contributed by atoms with E-state index in [9.17, 15) is 21.6 Å². The Morgan fingerprint density at radius 1 is 1.17 bits per heavy atom. The van der Waals surface area contributed by atoms with E-state index in [4.69, 9.17) is 11.6 Å². The van der Waals surface area contributed by atoms with E-state index in [0.717, 1.165) is 9.54 Å². The molecule has 0 spiro atoms. The molecule has 0 aliphatic rings. The molecule has 30 heavy (non-hydrogen) atoms. The van der Waals surface area contributed by atoms with Gasteiger partial charge in [0.25, 0.3) is 10.0 Å². The van der Waals surface area contributed by atoms with Gasteiger partial charge < -0.3 is 4.55 Å². The summed E-state index contributed by atoms with van der Waals surface area (Å²) in [5, 5.41) is -0.367. The highest BCUT2D eigenvalue weighted by molar-refractivity contribution is 7.90. The Bertz CT molecular complexity index is 1420. The zero-order valence-electron chi connectivity index (χ0n) is 15.1. The molecule has 0 radical (unpaired) electrons. The average molecular weight is 466 g/mol. The smallest absolute Gasteiger partial charge is 0.269 e. The van der Waals surface area contributed by atoms with E-state index < -0.39 is 31.9 Å². The third-order valence-electron chi connectivity index (χ3n) is 4.27. The van der Waals surface area contributed by atoms with E-state index in [-0.39, 0.29) is 32.3 Å². The molecule has 1 aromatic carbocycles. The molecule has 4 aromatic rings. The first-order valence-corrected chi connectivity index (χ1v) is 11.2. The summed E-state index contributed by atoms with van der Waals surface area (Å²) in [6.07, 6.45) is 3.18. The maximum atomic E-state index is 13.7. The molecular formula is C18H11ClFN4O4S2-. The first-order valence-electron chi connectivity index (χ1n) is 8.29. The highest BCUT2D eigenvalue weighted by Gasteiger charge is 2.24. The molecule has 0 aliphatic carbocycles. The molecule has 3 heterocycles. The van der Waals surface area contributed by atoms with E-state index in [0.29, 0.717) is 6.20 Å². The molecule has 1 atom stereocenters. The first kappa shape index (κ1) is 20.5. The van der Waals surface area contributed by atoms with Crippen LogP contribution in [0.1, 0.15) is 5.56 Å². The minimum Gasteiger partial charge on any atom is -0.767 e. The standard InChI is InChI=1S/C18H12ClFN4O4S2/c1-10-2-4-12(5-3-10)30(27,28)24-9-14(13-6-11(19)7-22-17(13)24)16-21-8-15(20)18(23-16)29(25)26/h2-9H,1H3,(H,25,26)/p-1. The van der Waals surface area contributed by atoms with E-state index >= 15 is 0 Å². The normalized spacial score (nSPS) is 12.9. The monoisotopic (exact) mass is 465 g/mol. The van der Waals surface area contributed by atoms with Crippen LogP contribution in [-0.2, 0) is 21.1 Å². The fourth-order valence-electron chi connectivity index (χ4n) is 2.84. The topological polar surface area (TPSA) is 118 Å². The predicted octanol–water partition coefficient (Wildman–Crippen LogP) is 3.07. The van der Waals surface area contributed by atoms with Crippen LogP contribution >= 0.6 is 11.6 Å². The lowest BCUT2D eigenvalue weighted by molar-refractivity contribution is 0.512. The van der Waals surface area contributed by atoms with E-state index in [1.807, 2.05) is 6.92 Å². The van der Waals surface area contributed by atoms with Crippen LogP contribution in [0, 0.1) is 12.7 Å². The Labute approximate surface area is 177 Å². The predicted molar refractivity (Wildman–Crippen MR) is 107 cm³/mol. The Morgan fingerprint density at radius 3 is 2.53 bits per heavy atom. The van der Waals surface area contributed by atoms with E-state index in [2.05, 4.69) is 15.0 Å². The number of benzene rings is 1. The van der Waals surface area contributed by atoms with Crippen molar-refractivity contribution in [1.82, 2.24) is 18.9 Å². The minimum atomic E-state index is -4.06. The Hall–Kier alpha value is -2.73. The largest absolute Gasteiger partial charge is 0.767 e. The van der Waals surface area contributed by atoms with Crippen molar-refractivity contribution in [2.75, 3.05) is 0 Å². The van der Waals surface area contributed by atoms with Gasteiger partial charge in [-0.15, -0.1) is 0 Å². The zero-order chi connectivity index (χ0) is 21.6. The molecule has 8 nitrogen and oxygen atoms in total. The van der Waals surface area contributed by atoms with Crippen LogP contribution in [-0.4, -0.2) is 36.1 Å². The fourth-order valence-corrected chi connectivity index (χ4v) is 4.69. The summed E-state index contributed by atoms with van der Waals surface area (Å²) in [4.78, 5) is 11.7. The van der Waals surface area contributed by atoms with Crippen molar-refractivity contribution < 1.29 is 21.6 Å². The van der Waals surface area contributed by atoms with Crippen LogP contribution in [0.3, 0.4) is 0 Å². The Morgan fingerprint density at radius 2 is 1.87 bits per heavy atom. The summed E-state index contributed by atoms with van der Waals surface area (Å²) in [6.45, 7) is 1.83. The number of fused-ring (bicyclic) bond motifs is 1. The maximum Gasteiger partial charge on any atom is 0.269 e. The lowest BCUT2D eigenvalue weighted by atomic mass is 10.2.